The third-order valence-corrected chi connectivity index (χ3v) is 2.91. The Hall–Kier alpha value is -1.73. The van der Waals surface area contributed by atoms with E-state index >= 15 is 0 Å². The zero-order valence-electron chi connectivity index (χ0n) is 11.4. The molecule has 0 unspecified atom stereocenters. The molecule has 0 saturated heterocycles. The Balaban J connectivity index is 3.00. The molecule has 0 bridgehead atoms. The molecule has 1 aromatic carbocycles. The highest BCUT2D eigenvalue weighted by Crippen LogP contribution is 2.34. The molecule has 0 radical (unpaired) electrons. The first kappa shape index (κ1) is 14.3. The van der Waals surface area contributed by atoms with E-state index in [2.05, 4.69) is 25.2 Å². The molecule has 1 rings (SSSR count). The Bertz CT molecular complexity index is 436. The van der Waals surface area contributed by atoms with Gasteiger partial charge in [0.2, 0.25) is 0 Å². The van der Waals surface area contributed by atoms with E-state index in [1.54, 1.807) is 14.2 Å². The van der Waals surface area contributed by atoms with Crippen LogP contribution in [-0.2, 0) is 5.41 Å². The van der Waals surface area contributed by atoms with E-state index in [4.69, 9.17) is 14.7 Å². The summed E-state index contributed by atoms with van der Waals surface area (Å²) in [6, 6.07) is 7.83. The van der Waals surface area contributed by atoms with Crippen LogP contribution in [-0.4, -0.2) is 27.3 Å². The minimum Gasteiger partial charge on any atom is -0.497 e. The molecule has 18 heavy (non-hydrogen) atoms. The molecule has 0 aliphatic carbocycles. The maximum atomic E-state index is 8.56. The zero-order chi connectivity index (χ0) is 13.6. The maximum absolute atomic E-state index is 8.56. The van der Waals surface area contributed by atoms with Crippen LogP contribution in [0.5, 0.6) is 11.5 Å². The van der Waals surface area contributed by atoms with Crippen molar-refractivity contribution >= 4 is 0 Å². The number of nitrogens with one attached hydrogen (secondary N) is 1. The molecular formula is C14H20N2O2. The molecule has 0 spiro atoms. The summed E-state index contributed by atoms with van der Waals surface area (Å²) in [7, 11) is 3.30. The van der Waals surface area contributed by atoms with Crippen LogP contribution in [0.15, 0.2) is 18.2 Å². The first-order valence-electron chi connectivity index (χ1n) is 5.85. The number of ether oxygens (including phenoxy) is 2. The summed E-state index contributed by atoms with van der Waals surface area (Å²) in [5.41, 5.74) is 0.922. The Morgan fingerprint density at radius 3 is 2.56 bits per heavy atom. The van der Waals surface area contributed by atoms with Gasteiger partial charge in [-0.2, -0.15) is 5.26 Å². The molecule has 4 nitrogen and oxygen atoms in total. The predicted molar refractivity (Wildman–Crippen MR) is 71.1 cm³/mol. The van der Waals surface area contributed by atoms with E-state index in [1.165, 1.54) is 0 Å². The van der Waals surface area contributed by atoms with Crippen molar-refractivity contribution in [3.8, 4) is 17.6 Å². The van der Waals surface area contributed by atoms with Crippen molar-refractivity contribution in [2.75, 3.05) is 27.3 Å². The number of hydrogen-bond donors (Lipinski definition) is 1. The Kier molecular flexibility index (Phi) is 4.99. The van der Waals surface area contributed by atoms with Gasteiger partial charge in [-0.25, -0.2) is 0 Å². The number of methoxy groups -OCH3 is 2. The van der Waals surface area contributed by atoms with Crippen molar-refractivity contribution in [3.05, 3.63) is 23.8 Å². The number of nitriles is 1. The Morgan fingerprint density at radius 1 is 1.28 bits per heavy atom. The summed E-state index contributed by atoms with van der Waals surface area (Å²) >= 11 is 0. The Labute approximate surface area is 109 Å². The standard InChI is InChI=1S/C14H20N2O2/c1-14(2,10-16-8-7-15)12-9-11(17-3)5-6-13(12)18-4/h5-6,9,16H,8,10H2,1-4H3. The van der Waals surface area contributed by atoms with Gasteiger partial charge in [0.25, 0.3) is 0 Å². The number of rotatable bonds is 6. The molecule has 0 aromatic heterocycles. The first-order valence-corrected chi connectivity index (χ1v) is 5.85. The van der Waals surface area contributed by atoms with Crippen molar-refractivity contribution in [3.63, 3.8) is 0 Å². The van der Waals surface area contributed by atoms with Crippen LogP contribution < -0.4 is 14.8 Å². The number of hydrogen-bond acceptors (Lipinski definition) is 4. The molecule has 1 aromatic rings. The van der Waals surface area contributed by atoms with Gasteiger partial charge in [0, 0.05) is 17.5 Å². The van der Waals surface area contributed by atoms with E-state index in [0.29, 0.717) is 13.1 Å². The lowest BCUT2D eigenvalue weighted by Crippen LogP contribution is -2.33. The van der Waals surface area contributed by atoms with Crippen molar-refractivity contribution in [1.29, 1.82) is 5.26 Å². The summed E-state index contributed by atoms with van der Waals surface area (Å²) < 4.78 is 10.6. The Morgan fingerprint density at radius 2 is 2.00 bits per heavy atom. The lowest BCUT2D eigenvalue weighted by molar-refractivity contribution is 0.379. The monoisotopic (exact) mass is 248 g/mol. The van der Waals surface area contributed by atoms with Crippen LogP contribution >= 0.6 is 0 Å². The van der Waals surface area contributed by atoms with E-state index in [0.717, 1.165) is 17.1 Å². The fraction of sp³-hybridized carbons (Fsp3) is 0.500. The van der Waals surface area contributed by atoms with Crippen LogP contribution in [0.3, 0.4) is 0 Å². The molecule has 0 atom stereocenters. The molecule has 0 amide bonds. The average Bonchev–Trinajstić information content (AvgIpc) is 2.38. The van der Waals surface area contributed by atoms with E-state index in [-0.39, 0.29) is 5.41 Å². The van der Waals surface area contributed by atoms with Gasteiger partial charge in [0.1, 0.15) is 11.5 Å². The topological polar surface area (TPSA) is 54.3 Å². The molecular weight excluding hydrogens is 228 g/mol. The van der Waals surface area contributed by atoms with E-state index in [1.807, 2.05) is 18.2 Å². The van der Waals surface area contributed by atoms with E-state index in [9.17, 15) is 0 Å². The van der Waals surface area contributed by atoms with Crippen LogP contribution in [0.4, 0.5) is 0 Å². The van der Waals surface area contributed by atoms with Gasteiger partial charge in [0.15, 0.2) is 0 Å². The van der Waals surface area contributed by atoms with Gasteiger partial charge in [-0.05, 0) is 18.2 Å². The highest BCUT2D eigenvalue weighted by atomic mass is 16.5. The minimum atomic E-state index is -0.142. The summed E-state index contributed by atoms with van der Waals surface area (Å²) in [4.78, 5) is 0. The van der Waals surface area contributed by atoms with Crippen molar-refractivity contribution in [2.24, 2.45) is 0 Å². The predicted octanol–water partition coefficient (Wildman–Crippen LogP) is 2.09. The van der Waals surface area contributed by atoms with Gasteiger partial charge in [-0.3, -0.25) is 0 Å². The quantitative estimate of drug-likeness (QED) is 0.618. The zero-order valence-corrected chi connectivity index (χ0v) is 11.4. The minimum absolute atomic E-state index is 0.142. The second kappa shape index (κ2) is 6.27. The third kappa shape index (κ3) is 3.38. The van der Waals surface area contributed by atoms with Gasteiger partial charge in [-0.15, -0.1) is 0 Å². The highest BCUT2D eigenvalue weighted by Gasteiger charge is 2.24. The fourth-order valence-corrected chi connectivity index (χ4v) is 1.87. The van der Waals surface area contributed by atoms with Crippen LogP contribution in [0, 0.1) is 11.3 Å². The molecule has 0 aliphatic heterocycles. The van der Waals surface area contributed by atoms with Crippen LogP contribution in [0.1, 0.15) is 19.4 Å². The lowest BCUT2D eigenvalue weighted by atomic mass is 9.83. The van der Waals surface area contributed by atoms with Gasteiger partial charge < -0.3 is 14.8 Å². The van der Waals surface area contributed by atoms with Gasteiger partial charge >= 0.3 is 0 Å². The van der Waals surface area contributed by atoms with Gasteiger partial charge in [0.05, 0.1) is 26.8 Å². The molecule has 0 aliphatic rings. The molecule has 4 heteroatoms. The maximum Gasteiger partial charge on any atom is 0.122 e. The van der Waals surface area contributed by atoms with Crippen molar-refractivity contribution in [1.82, 2.24) is 5.32 Å². The van der Waals surface area contributed by atoms with E-state index < -0.39 is 0 Å². The van der Waals surface area contributed by atoms with Crippen LogP contribution in [0.25, 0.3) is 0 Å². The summed E-state index contributed by atoms with van der Waals surface area (Å²) in [5, 5.41) is 11.7. The molecule has 0 heterocycles. The summed E-state index contributed by atoms with van der Waals surface area (Å²) in [6.45, 7) is 5.25. The van der Waals surface area contributed by atoms with Crippen molar-refractivity contribution < 1.29 is 9.47 Å². The number of benzene rings is 1. The lowest BCUT2D eigenvalue weighted by Gasteiger charge is -2.27. The summed E-state index contributed by atoms with van der Waals surface area (Å²) in [6.07, 6.45) is 0. The smallest absolute Gasteiger partial charge is 0.122 e. The molecule has 0 fully saturated rings. The molecule has 98 valence electrons. The second-order valence-corrected chi connectivity index (χ2v) is 4.71. The SMILES string of the molecule is COc1ccc(OC)c(C(C)(C)CNCC#N)c1. The fourth-order valence-electron chi connectivity index (χ4n) is 1.87. The third-order valence-electron chi connectivity index (χ3n) is 2.91. The normalized spacial score (nSPS) is 10.8. The number of nitrogens with zero attached hydrogens (tertiary/aromatic N) is 1. The molecule has 1 N–H and O–H groups in total. The summed E-state index contributed by atoms with van der Waals surface area (Å²) in [5.74, 6) is 1.64. The largest absolute Gasteiger partial charge is 0.497 e. The second-order valence-electron chi connectivity index (χ2n) is 4.71. The molecule has 0 saturated carbocycles. The van der Waals surface area contributed by atoms with Crippen molar-refractivity contribution in [2.45, 2.75) is 19.3 Å². The van der Waals surface area contributed by atoms with Gasteiger partial charge in [-0.1, -0.05) is 13.8 Å². The first-order chi connectivity index (χ1) is 8.55. The highest BCUT2D eigenvalue weighted by molar-refractivity contribution is 5.44. The average molecular weight is 248 g/mol. The van der Waals surface area contributed by atoms with Crippen LogP contribution in [0.2, 0.25) is 0 Å².